The summed E-state index contributed by atoms with van der Waals surface area (Å²) >= 11 is 0. The summed E-state index contributed by atoms with van der Waals surface area (Å²) in [5.41, 5.74) is 4.89. The number of aromatic nitrogens is 3. The molecule has 0 spiro atoms. The van der Waals surface area contributed by atoms with E-state index in [2.05, 4.69) is 69.1 Å². The number of imidazole rings is 1. The molecule has 1 atom stereocenters. The summed E-state index contributed by atoms with van der Waals surface area (Å²) in [6.45, 7) is 0.658. The second-order valence-corrected chi connectivity index (χ2v) is 6.89. The van der Waals surface area contributed by atoms with Gasteiger partial charge in [0.2, 0.25) is 0 Å². The molecule has 3 N–H and O–H groups in total. The van der Waals surface area contributed by atoms with Gasteiger partial charge in [0.05, 0.1) is 18.1 Å². The molecule has 0 radical (unpaired) electrons. The van der Waals surface area contributed by atoms with E-state index in [1.165, 1.54) is 11.1 Å². The first-order chi connectivity index (χ1) is 13.4. The Labute approximate surface area is 157 Å². The van der Waals surface area contributed by atoms with Crippen LogP contribution >= 0.6 is 0 Å². The Morgan fingerprint density at radius 2 is 2.00 bits per heavy atom. The van der Waals surface area contributed by atoms with Gasteiger partial charge in [-0.1, -0.05) is 30.3 Å². The molecule has 0 unspecified atom stereocenters. The van der Waals surface area contributed by atoms with Crippen molar-refractivity contribution in [2.75, 3.05) is 10.6 Å². The summed E-state index contributed by atoms with van der Waals surface area (Å²) in [5.74, 6) is 1.84. The highest BCUT2D eigenvalue weighted by molar-refractivity contribution is 5.92. The predicted octanol–water partition coefficient (Wildman–Crippen LogP) is 4.67. The summed E-state index contributed by atoms with van der Waals surface area (Å²) in [4.78, 5) is 12.2. The topological polar surface area (TPSA) is 65.6 Å². The van der Waals surface area contributed by atoms with Crippen molar-refractivity contribution in [3.8, 4) is 0 Å². The number of hydrogen-bond acceptors (Lipinski definition) is 4. The van der Waals surface area contributed by atoms with Gasteiger partial charge in [-0.05, 0) is 48.2 Å². The van der Waals surface area contributed by atoms with Gasteiger partial charge in [-0.25, -0.2) is 9.97 Å². The molecular weight excluding hydrogens is 334 g/mol. The minimum atomic E-state index is 0.339. The molecule has 0 saturated carbocycles. The Bertz CT molecular complexity index is 1070. The molecule has 5 heteroatoms. The number of rotatable bonds is 5. The van der Waals surface area contributed by atoms with Crippen LogP contribution in [0.15, 0.2) is 67.0 Å². The highest BCUT2D eigenvalue weighted by Crippen LogP contribution is 2.34. The van der Waals surface area contributed by atoms with Crippen LogP contribution in [0.3, 0.4) is 0 Å². The van der Waals surface area contributed by atoms with E-state index in [0.29, 0.717) is 12.6 Å². The smallest absolute Gasteiger partial charge is 0.127 e. The lowest BCUT2D eigenvalue weighted by Crippen LogP contribution is -2.08. The standard InChI is InChI=1S/C22H21N5/c1-2-5-16-15(4-1)8-10-20(16)27-21-11-9-17-18(6-3-7-19(17)26-21)25-14-22-23-12-13-24-22/h1-7,9,11-13,20,25H,8,10,14H2,(H,23,24)(H,26,27)/t20-/m1/s1. The Morgan fingerprint density at radius 1 is 1.04 bits per heavy atom. The lowest BCUT2D eigenvalue weighted by atomic mass is 10.1. The van der Waals surface area contributed by atoms with Crippen LogP contribution in [0.4, 0.5) is 11.5 Å². The highest BCUT2D eigenvalue weighted by atomic mass is 15.0. The Balaban J connectivity index is 1.38. The van der Waals surface area contributed by atoms with E-state index >= 15 is 0 Å². The van der Waals surface area contributed by atoms with Crippen molar-refractivity contribution in [1.82, 2.24) is 15.0 Å². The van der Waals surface area contributed by atoms with E-state index in [9.17, 15) is 0 Å². The van der Waals surface area contributed by atoms with Crippen molar-refractivity contribution in [1.29, 1.82) is 0 Å². The minimum Gasteiger partial charge on any atom is -0.377 e. The van der Waals surface area contributed by atoms with Crippen LogP contribution in [-0.4, -0.2) is 15.0 Å². The van der Waals surface area contributed by atoms with Crippen LogP contribution < -0.4 is 10.6 Å². The Hall–Kier alpha value is -3.34. The maximum absolute atomic E-state index is 4.84. The molecule has 0 saturated heterocycles. The molecule has 4 aromatic rings. The zero-order valence-electron chi connectivity index (χ0n) is 14.9. The maximum Gasteiger partial charge on any atom is 0.127 e. The number of benzene rings is 2. The largest absolute Gasteiger partial charge is 0.377 e. The summed E-state index contributed by atoms with van der Waals surface area (Å²) in [6, 6.07) is 19.4. The summed E-state index contributed by atoms with van der Waals surface area (Å²) in [7, 11) is 0. The van der Waals surface area contributed by atoms with E-state index < -0.39 is 0 Å². The van der Waals surface area contributed by atoms with Crippen LogP contribution in [0, 0.1) is 0 Å². The van der Waals surface area contributed by atoms with E-state index in [0.717, 1.165) is 41.1 Å². The lowest BCUT2D eigenvalue weighted by molar-refractivity contribution is 0.758. The number of H-pyrrole nitrogens is 1. The van der Waals surface area contributed by atoms with Crippen molar-refractivity contribution < 1.29 is 0 Å². The molecule has 0 amide bonds. The van der Waals surface area contributed by atoms with Gasteiger partial charge < -0.3 is 15.6 Å². The van der Waals surface area contributed by atoms with Crippen molar-refractivity contribution >= 4 is 22.4 Å². The summed E-state index contributed by atoms with van der Waals surface area (Å²) < 4.78 is 0. The molecule has 27 heavy (non-hydrogen) atoms. The molecule has 134 valence electrons. The normalized spacial score (nSPS) is 15.6. The third-order valence-electron chi connectivity index (χ3n) is 5.19. The fourth-order valence-electron chi connectivity index (χ4n) is 3.85. The van der Waals surface area contributed by atoms with Gasteiger partial charge in [-0.2, -0.15) is 0 Å². The number of nitrogens with zero attached hydrogens (tertiary/aromatic N) is 2. The predicted molar refractivity (Wildman–Crippen MR) is 109 cm³/mol. The molecule has 2 aromatic carbocycles. The van der Waals surface area contributed by atoms with Gasteiger partial charge >= 0.3 is 0 Å². The van der Waals surface area contributed by atoms with Gasteiger partial charge in [0.25, 0.3) is 0 Å². The molecule has 1 aliphatic rings. The van der Waals surface area contributed by atoms with E-state index in [1.807, 2.05) is 12.3 Å². The second-order valence-electron chi connectivity index (χ2n) is 6.89. The van der Waals surface area contributed by atoms with Crippen molar-refractivity contribution in [3.05, 3.63) is 83.9 Å². The molecule has 5 rings (SSSR count). The van der Waals surface area contributed by atoms with Crippen molar-refractivity contribution in [3.63, 3.8) is 0 Å². The summed E-state index contributed by atoms with van der Waals surface area (Å²) in [5, 5.41) is 8.17. The second kappa shape index (κ2) is 6.76. The zero-order chi connectivity index (χ0) is 18.1. The highest BCUT2D eigenvalue weighted by Gasteiger charge is 2.21. The zero-order valence-corrected chi connectivity index (χ0v) is 14.9. The number of aromatic amines is 1. The molecule has 2 heterocycles. The first-order valence-electron chi connectivity index (χ1n) is 9.33. The number of aryl methyl sites for hydroxylation is 1. The van der Waals surface area contributed by atoms with E-state index in [4.69, 9.17) is 4.98 Å². The third kappa shape index (κ3) is 3.12. The van der Waals surface area contributed by atoms with Gasteiger partial charge in [0, 0.05) is 23.5 Å². The van der Waals surface area contributed by atoms with E-state index in [-0.39, 0.29) is 0 Å². The molecule has 0 fully saturated rings. The number of fused-ring (bicyclic) bond motifs is 2. The monoisotopic (exact) mass is 355 g/mol. The molecule has 0 aliphatic heterocycles. The van der Waals surface area contributed by atoms with Crippen LogP contribution in [0.5, 0.6) is 0 Å². The summed E-state index contributed by atoms with van der Waals surface area (Å²) in [6.07, 6.45) is 5.84. The van der Waals surface area contributed by atoms with Crippen LogP contribution in [-0.2, 0) is 13.0 Å². The van der Waals surface area contributed by atoms with Crippen LogP contribution in [0.2, 0.25) is 0 Å². The number of hydrogen-bond donors (Lipinski definition) is 3. The quantitative estimate of drug-likeness (QED) is 0.487. The van der Waals surface area contributed by atoms with Crippen LogP contribution in [0.25, 0.3) is 10.9 Å². The molecular formula is C22H21N5. The average Bonchev–Trinajstić information content (AvgIpc) is 3.36. The SMILES string of the molecule is c1ccc2c(c1)CC[C@H]2Nc1ccc2c(NCc3ncc[nH]3)cccc2n1. The van der Waals surface area contributed by atoms with Gasteiger partial charge in [-0.3, -0.25) is 0 Å². The first kappa shape index (κ1) is 15.9. The molecule has 2 aromatic heterocycles. The lowest BCUT2D eigenvalue weighted by Gasteiger charge is -2.16. The fraction of sp³-hybridized carbons (Fsp3) is 0.182. The maximum atomic E-state index is 4.84. The molecule has 1 aliphatic carbocycles. The Kier molecular flexibility index (Phi) is 3.98. The van der Waals surface area contributed by atoms with Crippen molar-refractivity contribution in [2.45, 2.75) is 25.4 Å². The minimum absolute atomic E-state index is 0.339. The number of anilines is 2. The Morgan fingerprint density at radius 3 is 2.93 bits per heavy atom. The molecule has 5 nitrogen and oxygen atoms in total. The van der Waals surface area contributed by atoms with Crippen LogP contribution in [0.1, 0.15) is 29.4 Å². The van der Waals surface area contributed by atoms with Gasteiger partial charge in [-0.15, -0.1) is 0 Å². The third-order valence-corrected chi connectivity index (χ3v) is 5.19. The number of pyridine rings is 1. The van der Waals surface area contributed by atoms with Gasteiger partial charge in [0.1, 0.15) is 11.6 Å². The molecule has 0 bridgehead atoms. The van der Waals surface area contributed by atoms with E-state index in [1.54, 1.807) is 6.20 Å². The fourth-order valence-corrected chi connectivity index (χ4v) is 3.85. The average molecular weight is 355 g/mol. The van der Waals surface area contributed by atoms with Gasteiger partial charge in [0.15, 0.2) is 0 Å². The number of nitrogens with one attached hydrogen (secondary N) is 3. The van der Waals surface area contributed by atoms with Crippen molar-refractivity contribution in [2.24, 2.45) is 0 Å². The first-order valence-corrected chi connectivity index (χ1v) is 9.33.